The Morgan fingerprint density at radius 2 is 0.872 bits per heavy atom. The Morgan fingerprint density at radius 3 is 1.49 bits per heavy atom. The van der Waals surface area contributed by atoms with Crippen molar-refractivity contribution in [3.63, 3.8) is 0 Å². The van der Waals surface area contributed by atoms with E-state index in [1.54, 1.807) is 60.7 Å². The van der Waals surface area contributed by atoms with Gasteiger partial charge in [0.2, 0.25) is 0 Å². The number of rotatable bonds is 3. The summed E-state index contributed by atoms with van der Waals surface area (Å²) >= 11 is 0. The van der Waals surface area contributed by atoms with Crippen molar-refractivity contribution in [3.8, 4) is 33.4 Å². The summed E-state index contributed by atoms with van der Waals surface area (Å²) < 4.78 is 85.3. The zero-order valence-electron chi connectivity index (χ0n) is 29.6. The minimum atomic E-state index is -0.484. The fourth-order valence-corrected chi connectivity index (χ4v) is 5.51. The van der Waals surface area contributed by atoms with Gasteiger partial charge in [-0.2, -0.15) is 0 Å². The van der Waals surface area contributed by atoms with Crippen LogP contribution in [0.25, 0.3) is 76.9 Å². The van der Waals surface area contributed by atoms with Gasteiger partial charge in [-0.3, -0.25) is 0 Å². The van der Waals surface area contributed by atoms with Crippen LogP contribution < -0.4 is 0 Å². The highest BCUT2D eigenvalue weighted by atomic mass is 16.3. The summed E-state index contributed by atoms with van der Waals surface area (Å²) in [4.78, 5) is 0. The van der Waals surface area contributed by atoms with Crippen LogP contribution in [-0.4, -0.2) is 0 Å². The molecule has 0 aliphatic carbocycles. The maximum atomic E-state index is 9.28. The summed E-state index contributed by atoms with van der Waals surface area (Å²) in [5, 5.41) is 4.07. The van der Waals surface area contributed by atoms with Crippen molar-refractivity contribution in [1.82, 2.24) is 0 Å². The molecule has 8 aromatic rings. The molecule has 0 radical (unpaired) electrons. The van der Waals surface area contributed by atoms with E-state index in [1.807, 2.05) is 30.3 Å². The molecular formula is C38H24O. The Hall–Kier alpha value is -5.14. The second-order valence-corrected chi connectivity index (χ2v) is 9.40. The Labute approximate surface area is 239 Å². The lowest BCUT2D eigenvalue weighted by Gasteiger charge is -2.18. The summed E-state index contributed by atoms with van der Waals surface area (Å²) in [6.45, 7) is 0. The normalized spacial score (nSPS) is 14.8. The summed E-state index contributed by atoms with van der Waals surface area (Å²) in [6, 6.07) is 24.5. The molecule has 1 heteroatoms. The van der Waals surface area contributed by atoms with Crippen LogP contribution in [0.2, 0.25) is 0 Å². The summed E-state index contributed by atoms with van der Waals surface area (Å²) in [5.74, 6) is 0. The van der Waals surface area contributed by atoms with E-state index in [4.69, 9.17) is 14.0 Å². The lowest BCUT2D eigenvalue weighted by Crippen LogP contribution is -1.90. The molecule has 0 saturated carbocycles. The highest BCUT2D eigenvalue weighted by Gasteiger charge is 2.16. The zero-order chi connectivity index (χ0) is 33.6. The van der Waals surface area contributed by atoms with Crippen LogP contribution >= 0.6 is 0 Å². The van der Waals surface area contributed by atoms with Crippen LogP contribution in [0.15, 0.2) is 150 Å². The van der Waals surface area contributed by atoms with Crippen LogP contribution in [0.3, 0.4) is 0 Å². The molecule has 1 heterocycles. The van der Waals surface area contributed by atoms with Gasteiger partial charge in [-0.05, 0) is 73.1 Å². The summed E-state index contributed by atoms with van der Waals surface area (Å²) in [7, 11) is 0. The lowest BCUT2D eigenvalue weighted by molar-refractivity contribution is 0.669. The second-order valence-electron chi connectivity index (χ2n) is 9.40. The van der Waals surface area contributed by atoms with Gasteiger partial charge in [-0.25, -0.2) is 0 Å². The first-order valence-corrected chi connectivity index (χ1v) is 12.6. The SMILES string of the molecule is [2H]c1c([2H])c([2H])c(-c2c3ccccc3c(-c3c([2H])c([2H])c(-c4ccc5c(c4)oc4ccccc45)c([2H])c3[2H])c3ccccc23)c([2H])c1[2H]. The van der Waals surface area contributed by atoms with Crippen molar-refractivity contribution in [2.45, 2.75) is 0 Å². The lowest BCUT2D eigenvalue weighted by atomic mass is 9.86. The van der Waals surface area contributed by atoms with Crippen LogP contribution in [0.4, 0.5) is 0 Å². The van der Waals surface area contributed by atoms with Gasteiger partial charge in [0, 0.05) is 10.8 Å². The number of hydrogen-bond donors (Lipinski definition) is 0. The fraction of sp³-hybridized carbons (Fsp3) is 0. The number of furan rings is 1. The molecule has 1 aromatic heterocycles. The van der Waals surface area contributed by atoms with E-state index in [-0.39, 0.29) is 52.9 Å². The molecular weight excluding hydrogens is 472 g/mol. The van der Waals surface area contributed by atoms with Crippen LogP contribution in [-0.2, 0) is 0 Å². The zero-order valence-corrected chi connectivity index (χ0v) is 20.6. The van der Waals surface area contributed by atoms with E-state index < -0.39 is 18.1 Å². The molecule has 0 spiro atoms. The highest BCUT2D eigenvalue weighted by Crippen LogP contribution is 2.43. The second kappa shape index (κ2) is 8.72. The highest BCUT2D eigenvalue weighted by molar-refractivity contribution is 6.21. The van der Waals surface area contributed by atoms with Gasteiger partial charge >= 0.3 is 0 Å². The minimum Gasteiger partial charge on any atom is -0.456 e. The molecule has 182 valence electrons. The number of benzene rings is 7. The summed E-state index contributed by atoms with van der Waals surface area (Å²) in [6.07, 6.45) is 0. The molecule has 0 aliphatic rings. The van der Waals surface area contributed by atoms with E-state index in [9.17, 15) is 2.74 Å². The number of hydrogen-bond acceptors (Lipinski definition) is 1. The van der Waals surface area contributed by atoms with E-state index in [1.165, 1.54) is 0 Å². The molecule has 7 aromatic carbocycles. The fourth-order valence-electron chi connectivity index (χ4n) is 5.51. The third-order valence-electron chi connectivity index (χ3n) is 7.22. The smallest absolute Gasteiger partial charge is 0.136 e. The first-order chi connectivity index (χ1) is 23.1. The van der Waals surface area contributed by atoms with E-state index in [2.05, 4.69) is 0 Å². The number of fused-ring (bicyclic) bond motifs is 5. The van der Waals surface area contributed by atoms with Crippen LogP contribution in [0, 0.1) is 0 Å². The van der Waals surface area contributed by atoms with Crippen molar-refractivity contribution >= 4 is 43.5 Å². The van der Waals surface area contributed by atoms with Crippen molar-refractivity contribution < 1.29 is 16.8 Å². The molecule has 0 fully saturated rings. The topological polar surface area (TPSA) is 13.1 Å². The van der Waals surface area contributed by atoms with Crippen LogP contribution in [0.5, 0.6) is 0 Å². The van der Waals surface area contributed by atoms with Gasteiger partial charge in [0.25, 0.3) is 0 Å². The average Bonchev–Trinajstić information content (AvgIpc) is 3.48. The van der Waals surface area contributed by atoms with Crippen molar-refractivity contribution in [2.24, 2.45) is 0 Å². The van der Waals surface area contributed by atoms with Gasteiger partial charge in [0.15, 0.2) is 0 Å². The number of para-hydroxylation sites is 1. The van der Waals surface area contributed by atoms with E-state index in [0.29, 0.717) is 49.4 Å². The Kier molecular flexibility index (Phi) is 3.29. The maximum Gasteiger partial charge on any atom is 0.136 e. The Balaban J connectivity index is 1.44. The van der Waals surface area contributed by atoms with E-state index in [0.717, 1.165) is 10.8 Å². The Bertz CT molecular complexity index is 2560. The van der Waals surface area contributed by atoms with Crippen molar-refractivity contribution in [1.29, 1.82) is 0 Å². The monoisotopic (exact) mass is 505 g/mol. The van der Waals surface area contributed by atoms with Gasteiger partial charge in [0.05, 0.1) is 12.3 Å². The molecule has 0 unspecified atom stereocenters. The predicted octanol–water partition coefficient (Wildman–Crippen LogP) is 10.9. The molecule has 0 amide bonds. The predicted molar refractivity (Wildman–Crippen MR) is 165 cm³/mol. The first-order valence-electron chi connectivity index (χ1n) is 17.1. The van der Waals surface area contributed by atoms with Crippen molar-refractivity contribution in [2.75, 3.05) is 0 Å². The molecule has 1 nitrogen and oxygen atoms in total. The Morgan fingerprint density at radius 1 is 0.385 bits per heavy atom. The van der Waals surface area contributed by atoms with Gasteiger partial charge in [-0.1, -0.05) is 127 Å². The largest absolute Gasteiger partial charge is 0.456 e. The molecule has 8 rings (SSSR count). The molecule has 0 bridgehead atoms. The average molecular weight is 506 g/mol. The first kappa shape index (κ1) is 14.7. The van der Waals surface area contributed by atoms with Gasteiger partial charge in [-0.15, -0.1) is 0 Å². The standard InChI is InChI=1S/C38H24O/c1-2-10-26(11-3-1)37-31-13-4-6-15-33(31)38(34-16-7-5-14-32(34)37)27-20-18-25(19-21-27)28-22-23-30-29-12-8-9-17-35(29)39-36(30)24-28/h1-24H/i1D,2D,3D,10D,11D,18D,19D,20D,21D. The quantitative estimate of drug-likeness (QED) is 0.218. The van der Waals surface area contributed by atoms with Crippen LogP contribution in [0.1, 0.15) is 12.3 Å². The molecule has 0 atom stereocenters. The minimum absolute atomic E-state index is 0.0517. The van der Waals surface area contributed by atoms with Gasteiger partial charge in [0.1, 0.15) is 11.2 Å². The molecule has 0 saturated heterocycles. The molecule has 39 heavy (non-hydrogen) atoms. The van der Waals surface area contributed by atoms with Gasteiger partial charge < -0.3 is 4.42 Å². The maximum absolute atomic E-state index is 9.28. The molecule has 0 N–H and O–H groups in total. The van der Waals surface area contributed by atoms with Crippen molar-refractivity contribution in [3.05, 3.63) is 145 Å². The van der Waals surface area contributed by atoms with E-state index >= 15 is 0 Å². The molecule has 0 aliphatic heterocycles. The third kappa shape index (κ3) is 3.48. The summed E-state index contributed by atoms with van der Waals surface area (Å²) in [5.41, 5.74) is 3.01. The third-order valence-corrected chi connectivity index (χ3v) is 7.22.